The summed E-state index contributed by atoms with van der Waals surface area (Å²) in [6.45, 7) is 7.93. The molecule has 0 saturated heterocycles. The molecule has 0 atom stereocenters. The summed E-state index contributed by atoms with van der Waals surface area (Å²) in [5, 5.41) is 3.04. The molecule has 0 aliphatic carbocycles. The summed E-state index contributed by atoms with van der Waals surface area (Å²) in [7, 11) is 0. The summed E-state index contributed by atoms with van der Waals surface area (Å²) in [6.07, 6.45) is 0. The maximum absolute atomic E-state index is 12.1. The second kappa shape index (κ2) is 7.83. The highest BCUT2D eigenvalue weighted by Crippen LogP contribution is 2.14. The van der Waals surface area contributed by atoms with E-state index in [1.807, 2.05) is 64.1 Å². The fraction of sp³-hybridized carbons (Fsp3) is 0.300. The number of ether oxygens (including phenoxy) is 1. The fourth-order valence-electron chi connectivity index (χ4n) is 2.13. The van der Waals surface area contributed by atoms with E-state index in [4.69, 9.17) is 10.5 Å². The van der Waals surface area contributed by atoms with Crippen molar-refractivity contribution >= 4 is 17.6 Å². The highest BCUT2D eigenvalue weighted by atomic mass is 16.6. The van der Waals surface area contributed by atoms with Crippen molar-refractivity contribution in [3.63, 3.8) is 0 Å². The lowest BCUT2D eigenvalue weighted by Crippen LogP contribution is -2.24. The zero-order valence-corrected chi connectivity index (χ0v) is 15.2. The van der Waals surface area contributed by atoms with Gasteiger partial charge in [0.25, 0.3) is 0 Å². The molecule has 0 radical (unpaired) electrons. The average molecular weight is 339 g/mol. The first-order valence-corrected chi connectivity index (χ1v) is 8.19. The molecule has 0 aliphatic heterocycles. The molecule has 0 heterocycles. The second-order valence-electron chi connectivity index (χ2n) is 6.89. The molecular formula is C20H25N3O2. The number of aryl methyl sites for hydroxylation is 1. The molecule has 0 aliphatic rings. The lowest BCUT2D eigenvalue weighted by atomic mass is 10.1. The van der Waals surface area contributed by atoms with Crippen molar-refractivity contribution in [3.8, 4) is 0 Å². The molecule has 2 rings (SSSR count). The standard InChI is InChI=1S/C20H25N3O2/c1-14-8-10-17(11-9-14)23-19(21)22-13-15-6-5-7-16(12-15)18(24)25-20(2,3)4/h5-12H,13H2,1-4H3,(H3,21,22,23). The largest absolute Gasteiger partial charge is 0.456 e. The fourth-order valence-corrected chi connectivity index (χ4v) is 2.13. The molecule has 0 bridgehead atoms. The van der Waals surface area contributed by atoms with Gasteiger partial charge in [-0.1, -0.05) is 29.8 Å². The van der Waals surface area contributed by atoms with E-state index in [1.165, 1.54) is 5.56 Å². The smallest absolute Gasteiger partial charge is 0.338 e. The van der Waals surface area contributed by atoms with Crippen molar-refractivity contribution in [2.24, 2.45) is 10.7 Å². The maximum Gasteiger partial charge on any atom is 0.338 e. The monoisotopic (exact) mass is 339 g/mol. The molecule has 3 N–H and O–H groups in total. The number of esters is 1. The van der Waals surface area contributed by atoms with Crippen LogP contribution in [0.1, 0.15) is 42.3 Å². The third kappa shape index (κ3) is 6.30. The van der Waals surface area contributed by atoms with Gasteiger partial charge in [0.05, 0.1) is 12.1 Å². The summed E-state index contributed by atoms with van der Waals surface area (Å²) in [5.41, 5.74) is 8.86. The molecule has 25 heavy (non-hydrogen) atoms. The van der Waals surface area contributed by atoms with Gasteiger partial charge in [-0.3, -0.25) is 0 Å². The Morgan fingerprint density at radius 1 is 1.16 bits per heavy atom. The van der Waals surface area contributed by atoms with Crippen molar-refractivity contribution in [1.82, 2.24) is 0 Å². The van der Waals surface area contributed by atoms with Crippen LogP contribution in [0.2, 0.25) is 0 Å². The molecule has 0 fully saturated rings. The zero-order valence-electron chi connectivity index (χ0n) is 15.2. The van der Waals surface area contributed by atoms with Gasteiger partial charge >= 0.3 is 5.97 Å². The van der Waals surface area contributed by atoms with Crippen molar-refractivity contribution < 1.29 is 9.53 Å². The van der Waals surface area contributed by atoms with Crippen LogP contribution in [-0.4, -0.2) is 17.5 Å². The Morgan fingerprint density at radius 3 is 2.48 bits per heavy atom. The molecule has 5 nitrogen and oxygen atoms in total. The highest BCUT2D eigenvalue weighted by Gasteiger charge is 2.17. The van der Waals surface area contributed by atoms with E-state index in [9.17, 15) is 4.79 Å². The maximum atomic E-state index is 12.1. The van der Waals surface area contributed by atoms with Crippen molar-refractivity contribution in [1.29, 1.82) is 0 Å². The van der Waals surface area contributed by atoms with Gasteiger partial charge in [-0.25, -0.2) is 9.79 Å². The van der Waals surface area contributed by atoms with E-state index in [0.29, 0.717) is 18.1 Å². The molecule has 0 spiro atoms. The highest BCUT2D eigenvalue weighted by molar-refractivity contribution is 5.92. The Balaban J connectivity index is 2.01. The molecule has 2 aromatic carbocycles. The predicted molar refractivity (Wildman–Crippen MR) is 102 cm³/mol. The third-order valence-corrected chi connectivity index (χ3v) is 3.32. The Bertz CT molecular complexity index is 759. The van der Waals surface area contributed by atoms with E-state index < -0.39 is 5.60 Å². The van der Waals surface area contributed by atoms with Crippen LogP contribution < -0.4 is 11.1 Å². The Hall–Kier alpha value is -2.82. The van der Waals surface area contributed by atoms with Crippen LogP contribution in [-0.2, 0) is 11.3 Å². The normalized spacial score (nSPS) is 11.9. The number of anilines is 1. The van der Waals surface area contributed by atoms with Gasteiger partial charge in [0.2, 0.25) is 0 Å². The van der Waals surface area contributed by atoms with Crippen molar-refractivity contribution in [2.45, 2.75) is 39.8 Å². The summed E-state index contributed by atoms with van der Waals surface area (Å²) in [6, 6.07) is 15.1. The van der Waals surface area contributed by atoms with Crippen LogP contribution >= 0.6 is 0 Å². The number of carbonyl (C=O) groups excluding carboxylic acids is 1. The van der Waals surface area contributed by atoms with Crippen molar-refractivity contribution in [3.05, 3.63) is 65.2 Å². The summed E-state index contributed by atoms with van der Waals surface area (Å²) in [5.74, 6) is -0.0180. The quantitative estimate of drug-likeness (QED) is 0.503. The van der Waals surface area contributed by atoms with Crippen LogP contribution in [0.25, 0.3) is 0 Å². The lowest BCUT2D eigenvalue weighted by molar-refractivity contribution is 0.00694. The van der Waals surface area contributed by atoms with Gasteiger partial charge in [-0.2, -0.15) is 0 Å². The van der Waals surface area contributed by atoms with Crippen LogP contribution in [0.3, 0.4) is 0 Å². The number of benzene rings is 2. The van der Waals surface area contributed by atoms with Gasteiger partial charge in [0, 0.05) is 5.69 Å². The molecule has 2 aromatic rings. The van der Waals surface area contributed by atoms with Gasteiger partial charge in [-0.15, -0.1) is 0 Å². The topological polar surface area (TPSA) is 76.7 Å². The minimum absolute atomic E-state index is 0.325. The Morgan fingerprint density at radius 2 is 1.84 bits per heavy atom. The summed E-state index contributed by atoms with van der Waals surface area (Å²) in [4.78, 5) is 16.4. The molecule has 5 heteroatoms. The molecular weight excluding hydrogens is 314 g/mol. The van der Waals surface area contributed by atoms with Gasteiger partial charge in [-0.05, 0) is 57.5 Å². The van der Waals surface area contributed by atoms with Crippen LogP contribution in [0, 0.1) is 6.92 Å². The number of rotatable bonds is 4. The molecule has 132 valence electrons. The number of nitrogens with one attached hydrogen (secondary N) is 1. The predicted octanol–water partition coefficient (Wildman–Crippen LogP) is 3.88. The zero-order chi connectivity index (χ0) is 18.4. The lowest BCUT2D eigenvalue weighted by Gasteiger charge is -2.19. The number of aliphatic imine (C=N–C) groups is 1. The minimum atomic E-state index is -0.520. The third-order valence-electron chi connectivity index (χ3n) is 3.32. The van der Waals surface area contributed by atoms with Crippen molar-refractivity contribution in [2.75, 3.05) is 5.32 Å². The van der Waals surface area contributed by atoms with E-state index in [0.717, 1.165) is 11.3 Å². The van der Waals surface area contributed by atoms with E-state index in [1.54, 1.807) is 12.1 Å². The molecule has 0 saturated carbocycles. The SMILES string of the molecule is Cc1ccc(NC(N)=NCc2cccc(C(=O)OC(C)(C)C)c2)cc1. The first-order valence-electron chi connectivity index (χ1n) is 8.19. The number of hydrogen-bond acceptors (Lipinski definition) is 3. The first-order chi connectivity index (χ1) is 11.7. The number of nitrogens with two attached hydrogens (primary N) is 1. The van der Waals surface area contributed by atoms with E-state index in [-0.39, 0.29) is 5.97 Å². The first kappa shape index (κ1) is 18.5. The summed E-state index contributed by atoms with van der Waals surface area (Å²) < 4.78 is 5.38. The number of carbonyl (C=O) groups is 1. The molecule has 0 unspecified atom stereocenters. The number of guanidine groups is 1. The second-order valence-corrected chi connectivity index (χ2v) is 6.89. The van der Waals surface area contributed by atoms with E-state index in [2.05, 4.69) is 10.3 Å². The minimum Gasteiger partial charge on any atom is -0.456 e. The van der Waals surface area contributed by atoms with E-state index >= 15 is 0 Å². The number of hydrogen-bond donors (Lipinski definition) is 2. The van der Waals surface area contributed by atoms with Crippen LogP contribution in [0.4, 0.5) is 5.69 Å². The molecule has 0 aromatic heterocycles. The van der Waals surface area contributed by atoms with Crippen LogP contribution in [0.15, 0.2) is 53.5 Å². The molecule has 0 amide bonds. The van der Waals surface area contributed by atoms with Crippen LogP contribution in [0.5, 0.6) is 0 Å². The van der Waals surface area contributed by atoms with Gasteiger partial charge < -0.3 is 15.8 Å². The Labute approximate surface area is 148 Å². The Kier molecular flexibility index (Phi) is 5.80. The summed E-state index contributed by atoms with van der Waals surface area (Å²) >= 11 is 0. The average Bonchev–Trinajstić information content (AvgIpc) is 2.54. The van der Waals surface area contributed by atoms with Gasteiger partial charge in [0.15, 0.2) is 5.96 Å². The number of nitrogens with zero attached hydrogens (tertiary/aromatic N) is 1. The van der Waals surface area contributed by atoms with Gasteiger partial charge in [0.1, 0.15) is 5.60 Å².